The SMILES string of the molecule is NC(=O)c1cnc(CCCCCc2ccc(O)c3nc(-c4ccc(Cl)cc4)oc23)[nH]1. The van der Waals surface area contributed by atoms with Crippen LogP contribution in [0.2, 0.25) is 5.02 Å². The number of primary amides is 1. The fourth-order valence-electron chi connectivity index (χ4n) is 3.36. The summed E-state index contributed by atoms with van der Waals surface area (Å²) in [6, 6.07) is 10.8. The number of nitrogens with zero attached hydrogens (tertiary/aromatic N) is 2. The van der Waals surface area contributed by atoms with E-state index in [1.807, 2.05) is 18.2 Å². The highest BCUT2D eigenvalue weighted by Crippen LogP contribution is 2.33. The van der Waals surface area contributed by atoms with Crippen molar-refractivity contribution >= 4 is 28.6 Å². The van der Waals surface area contributed by atoms with Crippen LogP contribution in [0.5, 0.6) is 5.75 Å². The third kappa shape index (κ3) is 4.31. The average molecular weight is 425 g/mol. The maximum Gasteiger partial charge on any atom is 0.266 e. The van der Waals surface area contributed by atoms with Gasteiger partial charge in [0, 0.05) is 17.0 Å². The van der Waals surface area contributed by atoms with Crippen LogP contribution in [0.4, 0.5) is 0 Å². The third-order valence-electron chi connectivity index (χ3n) is 4.95. The van der Waals surface area contributed by atoms with Gasteiger partial charge >= 0.3 is 0 Å². The number of rotatable bonds is 8. The number of carbonyl (C=O) groups excluding carboxylic acids is 1. The van der Waals surface area contributed by atoms with Gasteiger partial charge < -0.3 is 20.2 Å². The van der Waals surface area contributed by atoms with E-state index in [9.17, 15) is 9.90 Å². The number of imidazole rings is 1. The van der Waals surface area contributed by atoms with Crippen molar-refractivity contribution in [1.82, 2.24) is 15.0 Å². The highest BCUT2D eigenvalue weighted by molar-refractivity contribution is 6.30. The number of carbonyl (C=O) groups is 1. The lowest BCUT2D eigenvalue weighted by Crippen LogP contribution is -2.11. The number of aromatic nitrogens is 3. The number of hydrogen-bond acceptors (Lipinski definition) is 5. The van der Waals surface area contributed by atoms with Crippen LogP contribution in [0.3, 0.4) is 0 Å². The number of amides is 1. The summed E-state index contributed by atoms with van der Waals surface area (Å²) in [5, 5.41) is 10.8. The Hall–Kier alpha value is -3.32. The summed E-state index contributed by atoms with van der Waals surface area (Å²) in [6.07, 6.45) is 5.87. The predicted molar refractivity (Wildman–Crippen MR) is 114 cm³/mol. The summed E-state index contributed by atoms with van der Waals surface area (Å²) in [5.74, 6) is 0.807. The zero-order valence-corrected chi connectivity index (χ0v) is 16.9. The summed E-state index contributed by atoms with van der Waals surface area (Å²) < 4.78 is 5.98. The number of hydrogen-bond donors (Lipinski definition) is 3. The second-order valence-electron chi connectivity index (χ2n) is 7.12. The van der Waals surface area contributed by atoms with Crippen LogP contribution in [0.25, 0.3) is 22.6 Å². The van der Waals surface area contributed by atoms with Crippen molar-refractivity contribution < 1.29 is 14.3 Å². The fraction of sp³-hybridized carbons (Fsp3) is 0.227. The minimum atomic E-state index is -0.505. The van der Waals surface area contributed by atoms with Crippen LogP contribution < -0.4 is 5.73 Å². The number of H-pyrrole nitrogens is 1. The van der Waals surface area contributed by atoms with Crippen LogP contribution in [0.1, 0.15) is 41.1 Å². The van der Waals surface area contributed by atoms with Gasteiger partial charge in [-0.1, -0.05) is 24.1 Å². The molecule has 0 aliphatic carbocycles. The quantitative estimate of drug-likeness (QED) is 0.356. The number of aromatic amines is 1. The summed E-state index contributed by atoms with van der Waals surface area (Å²) in [4.78, 5) is 22.7. The molecule has 30 heavy (non-hydrogen) atoms. The first-order chi connectivity index (χ1) is 14.5. The van der Waals surface area contributed by atoms with Gasteiger partial charge in [-0.05, 0) is 55.2 Å². The fourth-order valence-corrected chi connectivity index (χ4v) is 3.48. The Labute approximate surface area is 177 Å². The Morgan fingerprint density at radius 1 is 1.10 bits per heavy atom. The Morgan fingerprint density at radius 2 is 1.87 bits per heavy atom. The van der Waals surface area contributed by atoms with Crippen molar-refractivity contribution in [1.29, 1.82) is 0 Å². The van der Waals surface area contributed by atoms with Crippen LogP contribution in [-0.2, 0) is 12.8 Å². The van der Waals surface area contributed by atoms with Crippen molar-refractivity contribution in [3.63, 3.8) is 0 Å². The normalized spacial score (nSPS) is 11.2. The molecule has 1 amide bonds. The standard InChI is InChI=1S/C22H21ClN4O3/c23-15-9-6-14(7-10-15)22-27-19-17(28)11-8-13(20(19)30-22)4-2-1-3-5-18-25-12-16(26-18)21(24)29/h6-12,28H,1-5H2,(H2,24,29)(H,25,26). The zero-order chi connectivity index (χ0) is 21.1. The van der Waals surface area contributed by atoms with Gasteiger partial charge in [0.05, 0.1) is 6.20 Å². The first-order valence-electron chi connectivity index (χ1n) is 9.72. The van der Waals surface area contributed by atoms with E-state index in [0.29, 0.717) is 27.7 Å². The molecule has 2 heterocycles. The second-order valence-corrected chi connectivity index (χ2v) is 7.55. The van der Waals surface area contributed by atoms with Gasteiger partial charge in [0.1, 0.15) is 17.3 Å². The Morgan fingerprint density at radius 3 is 2.60 bits per heavy atom. The lowest BCUT2D eigenvalue weighted by molar-refractivity contribution is 0.0996. The number of phenolic OH excluding ortho intramolecular Hbond substituents is 1. The molecule has 0 saturated carbocycles. The molecule has 7 nitrogen and oxygen atoms in total. The van der Waals surface area contributed by atoms with E-state index in [4.69, 9.17) is 21.8 Å². The number of fused-ring (bicyclic) bond motifs is 1. The number of aryl methyl sites for hydroxylation is 2. The lowest BCUT2D eigenvalue weighted by atomic mass is 10.0. The highest BCUT2D eigenvalue weighted by Gasteiger charge is 2.15. The molecule has 0 spiro atoms. The van der Waals surface area contributed by atoms with Gasteiger partial charge in [0.15, 0.2) is 11.1 Å². The van der Waals surface area contributed by atoms with Crippen LogP contribution in [-0.4, -0.2) is 26.0 Å². The molecular weight excluding hydrogens is 404 g/mol. The van der Waals surface area contributed by atoms with Gasteiger partial charge in [-0.15, -0.1) is 0 Å². The van der Waals surface area contributed by atoms with E-state index < -0.39 is 5.91 Å². The molecule has 4 aromatic rings. The molecule has 2 aromatic heterocycles. The molecule has 0 aliphatic heterocycles. The van der Waals surface area contributed by atoms with Crippen LogP contribution >= 0.6 is 11.6 Å². The van der Waals surface area contributed by atoms with E-state index in [-0.39, 0.29) is 5.75 Å². The average Bonchev–Trinajstić information content (AvgIpc) is 3.38. The summed E-state index contributed by atoms with van der Waals surface area (Å²) in [7, 11) is 0. The van der Waals surface area contributed by atoms with E-state index in [0.717, 1.165) is 49.1 Å². The number of halogens is 1. The summed E-state index contributed by atoms with van der Waals surface area (Å²) >= 11 is 5.95. The largest absolute Gasteiger partial charge is 0.506 e. The maximum absolute atomic E-state index is 11.1. The first-order valence-corrected chi connectivity index (χ1v) is 10.1. The van der Waals surface area contributed by atoms with E-state index in [2.05, 4.69) is 15.0 Å². The molecule has 0 unspecified atom stereocenters. The Balaban J connectivity index is 1.40. The second kappa shape index (κ2) is 8.59. The van der Waals surface area contributed by atoms with Crippen LogP contribution in [0.15, 0.2) is 47.0 Å². The molecule has 0 fully saturated rings. The topological polar surface area (TPSA) is 118 Å². The monoisotopic (exact) mass is 424 g/mol. The molecule has 4 rings (SSSR count). The maximum atomic E-state index is 11.1. The molecule has 0 saturated heterocycles. The number of phenols is 1. The molecule has 0 atom stereocenters. The van der Waals surface area contributed by atoms with Gasteiger partial charge in [0.25, 0.3) is 5.91 Å². The molecule has 0 aliphatic rings. The van der Waals surface area contributed by atoms with Crippen LogP contribution in [0, 0.1) is 0 Å². The van der Waals surface area contributed by atoms with Gasteiger partial charge in [-0.3, -0.25) is 4.79 Å². The number of benzene rings is 2. The van der Waals surface area contributed by atoms with Crippen molar-refractivity contribution in [2.75, 3.05) is 0 Å². The molecule has 4 N–H and O–H groups in total. The van der Waals surface area contributed by atoms with Gasteiger partial charge in [-0.25, -0.2) is 9.97 Å². The number of unbranched alkanes of at least 4 members (excludes halogenated alkanes) is 2. The van der Waals surface area contributed by atoms with Crippen molar-refractivity contribution in [3.05, 3.63) is 64.7 Å². The molecule has 154 valence electrons. The third-order valence-corrected chi connectivity index (χ3v) is 5.20. The number of aromatic hydroxyl groups is 1. The Kier molecular flexibility index (Phi) is 5.72. The van der Waals surface area contributed by atoms with E-state index in [1.165, 1.54) is 6.20 Å². The molecular formula is C22H21ClN4O3. The molecule has 0 radical (unpaired) electrons. The van der Waals surface area contributed by atoms with E-state index >= 15 is 0 Å². The number of nitrogens with two attached hydrogens (primary N) is 1. The first kappa shape index (κ1) is 20.0. The van der Waals surface area contributed by atoms with Crippen molar-refractivity contribution in [2.24, 2.45) is 5.73 Å². The summed E-state index contributed by atoms with van der Waals surface area (Å²) in [6.45, 7) is 0. The molecule has 2 aromatic carbocycles. The predicted octanol–water partition coefficient (Wildman–Crippen LogP) is 4.63. The summed E-state index contributed by atoms with van der Waals surface area (Å²) in [5.41, 5.74) is 8.43. The smallest absolute Gasteiger partial charge is 0.266 e. The zero-order valence-electron chi connectivity index (χ0n) is 16.2. The van der Waals surface area contributed by atoms with E-state index in [1.54, 1.807) is 18.2 Å². The highest BCUT2D eigenvalue weighted by atomic mass is 35.5. The number of nitrogens with one attached hydrogen (secondary N) is 1. The van der Waals surface area contributed by atoms with Crippen molar-refractivity contribution in [2.45, 2.75) is 32.1 Å². The lowest BCUT2D eigenvalue weighted by Gasteiger charge is -2.03. The Bertz CT molecular complexity index is 1180. The minimum Gasteiger partial charge on any atom is -0.506 e. The van der Waals surface area contributed by atoms with Gasteiger partial charge in [0.2, 0.25) is 5.89 Å². The minimum absolute atomic E-state index is 0.0980. The van der Waals surface area contributed by atoms with Crippen molar-refractivity contribution in [3.8, 4) is 17.2 Å². The number of oxazole rings is 1. The molecule has 8 heteroatoms. The van der Waals surface area contributed by atoms with Gasteiger partial charge in [-0.2, -0.15) is 0 Å². The molecule has 0 bridgehead atoms.